The van der Waals surface area contributed by atoms with Crippen molar-refractivity contribution in [1.29, 1.82) is 5.41 Å². The van der Waals surface area contributed by atoms with Crippen LogP contribution in [0.5, 0.6) is 5.75 Å². The van der Waals surface area contributed by atoms with E-state index in [2.05, 4.69) is 15.3 Å². The number of allylic oxidation sites excluding steroid dienone is 3. The number of nitrogens with one attached hydrogen (secondary N) is 2. The first-order valence-electron chi connectivity index (χ1n) is 9.65. The van der Waals surface area contributed by atoms with Crippen molar-refractivity contribution in [2.45, 2.75) is 26.9 Å². The molecule has 1 aliphatic rings. The molecule has 2 atom stereocenters. The molecule has 0 saturated heterocycles. The molecule has 0 bridgehead atoms. The molecule has 0 fully saturated rings. The van der Waals surface area contributed by atoms with Gasteiger partial charge in [0.05, 0.1) is 12.8 Å². The molecular weight excluding hydrogens is 385 g/mol. The molecule has 1 aromatic heterocycles. The highest BCUT2D eigenvalue weighted by Gasteiger charge is 2.26. The fraction of sp³-hybridized carbons (Fsp3) is 0.318. The maximum Gasteiger partial charge on any atom is 0.151 e. The first-order chi connectivity index (χ1) is 14.3. The number of aromatic nitrogens is 2. The van der Waals surface area contributed by atoms with Crippen molar-refractivity contribution in [2.24, 2.45) is 11.8 Å². The highest BCUT2D eigenvalue weighted by Crippen LogP contribution is 2.31. The number of halogens is 1. The van der Waals surface area contributed by atoms with Crippen molar-refractivity contribution >= 4 is 22.9 Å². The van der Waals surface area contributed by atoms with Gasteiger partial charge in [-0.15, -0.1) is 0 Å². The first-order valence-corrected chi connectivity index (χ1v) is 9.65. The quantitative estimate of drug-likeness (QED) is 0.575. The zero-order chi connectivity index (χ0) is 21.8. The number of nitrogens with two attached hydrogens (primary N) is 1. The number of nitrogen functional groups attached to an aromatic ring is 1. The fourth-order valence-electron chi connectivity index (χ4n) is 2.91. The van der Waals surface area contributed by atoms with Crippen LogP contribution in [0.1, 0.15) is 26.5 Å². The molecule has 3 rings (SSSR count). The Morgan fingerprint density at radius 3 is 2.57 bits per heavy atom. The predicted octanol–water partition coefficient (Wildman–Crippen LogP) is 4.61. The number of anilines is 3. The number of hydrogen-bond acceptors (Lipinski definition) is 7. The Hall–Kier alpha value is -3.42. The lowest BCUT2D eigenvalue weighted by Crippen LogP contribution is -2.21. The van der Waals surface area contributed by atoms with Gasteiger partial charge in [-0.3, -0.25) is 0 Å². The minimum Gasteiger partial charge on any atom is -0.497 e. The lowest BCUT2D eigenvalue weighted by atomic mass is 9.98. The van der Waals surface area contributed by atoms with Crippen molar-refractivity contribution in [2.75, 3.05) is 18.2 Å². The lowest BCUT2D eigenvalue weighted by Gasteiger charge is -2.23. The van der Waals surface area contributed by atoms with E-state index in [9.17, 15) is 4.39 Å². The third-order valence-corrected chi connectivity index (χ3v) is 4.84. The molecule has 0 amide bonds. The third kappa shape index (κ3) is 4.59. The van der Waals surface area contributed by atoms with E-state index >= 15 is 0 Å². The van der Waals surface area contributed by atoms with Gasteiger partial charge in [-0.25, -0.2) is 14.4 Å². The van der Waals surface area contributed by atoms with E-state index < -0.39 is 12.1 Å². The average Bonchev–Trinajstić information content (AvgIpc) is 2.73. The minimum absolute atomic E-state index is 0.00763. The Balaban J connectivity index is 1.79. The second-order valence-corrected chi connectivity index (χ2v) is 7.36. The van der Waals surface area contributed by atoms with Gasteiger partial charge in [0.25, 0.3) is 0 Å². The highest BCUT2D eigenvalue weighted by atomic mass is 19.1. The van der Waals surface area contributed by atoms with E-state index in [-0.39, 0.29) is 11.7 Å². The molecule has 1 heterocycles. The fourth-order valence-corrected chi connectivity index (χ4v) is 2.91. The van der Waals surface area contributed by atoms with E-state index in [4.69, 9.17) is 20.6 Å². The van der Waals surface area contributed by atoms with E-state index in [0.717, 1.165) is 5.69 Å². The Labute approximate surface area is 175 Å². The van der Waals surface area contributed by atoms with Crippen molar-refractivity contribution in [3.05, 3.63) is 60.0 Å². The lowest BCUT2D eigenvalue weighted by molar-refractivity contribution is 0.228. The molecular formula is C22H26FN5O2. The van der Waals surface area contributed by atoms with Crippen molar-refractivity contribution in [3.8, 4) is 5.75 Å². The Morgan fingerprint density at radius 2 is 1.93 bits per heavy atom. The van der Waals surface area contributed by atoms with Gasteiger partial charge in [-0.1, -0.05) is 20.8 Å². The second kappa shape index (κ2) is 8.94. The molecule has 1 aromatic carbocycles. The molecule has 8 heteroatoms. The largest absolute Gasteiger partial charge is 0.497 e. The molecule has 1 unspecified atom stereocenters. The number of benzene rings is 1. The molecule has 0 radical (unpaired) electrons. The smallest absolute Gasteiger partial charge is 0.151 e. The number of hydrogen-bond donors (Lipinski definition) is 3. The van der Waals surface area contributed by atoms with Gasteiger partial charge < -0.3 is 25.9 Å². The monoisotopic (exact) mass is 411 g/mol. The van der Waals surface area contributed by atoms with Crippen molar-refractivity contribution in [1.82, 2.24) is 9.97 Å². The summed E-state index contributed by atoms with van der Waals surface area (Å²) in [6.07, 6.45) is 3.31. The Morgan fingerprint density at radius 1 is 1.23 bits per heavy atom. The highest BCUT2D eigenvalue weighted by molar-refractivity contribution is 6.04. The Bertz CT molecular complexity index is 986. The second-order valence-electron chi connectivity index (χ2n) is 7.36. The van der Waals surface area contributed by atoms with E-state index in [1.165, 1.54) is 19.5 Å². The SMILES string of the molecule is COC1=C[C@H](F)C(C)C(Oc2ccc(Nc3c(N)ncnc3C(=N)C(C)C)cc2)=C1. The number of alkyl halides is 1. The molecule has 2 aromatic rings. The number of nitrogens with zero attached hydrogens (tertiary/aromatic N) is 2. The number of rotatable bonds is 7. The topological polar surface area (TPSA) is 106 Å². The van der Waals surface area contributed by atoms with Gasteiger partial charge in [-0.05, 0) is 36.3 Å². The van der Waals surface area contributed by atoms with Crippen molar-refractivity contribution < 1.29 is 13.9 Å². The van der Waals surface area contributed by atoms with Crippen LogP contribution in [0.15, 0.2) is 54.3 Å². The summed E-state index contributed by atoms with van der Waals surface area (Å²) < 4.78 is 25.2. The molecule has 30 heavy (non-hydrogen) atoms. The van der Waals surface area contributed by atoms with Crippen LogP contribution in [0.4, 0.5) is 21.6 Å². The molecule has 158 valence electrons. The Kier molecular flexibility index (Phi) is 6.34. The van der Waals surface area contributed by atoms with Gasteiger partial charge in [0.2, 0.25) is 0 Å². The van der Waals surface area contributed by atoms with Crippen molar-refractivity contribution in [3.63, 3.8) is 0 Å². The first kappa shape index (κ1) is 21.3. The summed E-state index contributed by atoms with van der Waals surface area (Å²) in [6, 6.07) is 7.14. The van der Waals surface area contributed by atoms with Crippen LogP contribution >= 0.6 is 0 Å². The normalized spacial score (nSPS) is 18.5. The summed E-state index contributed by atoms with van der Waals surface area (Å²) in [6.45, 7) is 5.60. The number of methoxy groups -OCH3 is 1. The molecule has 1 aliphatic carbocycles. The van der Waals surface area contributed by atoms with E-state index in [1.54, 1.807) is 37.3 Å². The van der Waals surface area contributed by atoms with Gasteiger partial charge in [0.15, 0.2) is 5.82 Å². The van der Waals surface area contributed by atoms with Crippen LogP contribution in [0.2, 0.25) is 0 Å². The summed E-state index contributed by atoms with van der Waals surface area (Å²) in [4.78, 5) is 8.25. The van der Waals surface area contributed by atoms with Crippen LogP contribution in [0.25, 0.3) is 0 Å². The van der Waals surface area contributed by atoms with Gasteiger partial charge >= 0.3 is 0 Å². The van der Waals surface area contributed by atoms with Gasteiger partial charge in [-0.2, -0.15) is 0 Å². The van der Waals surface area contributed by atoms with E-state index in [0.29, 0.717) is 34.4 Å². The molecule has 0 aliphatic heterocycles. The summed E-state index contributed by atoms with van der Waals surface area (Å²) >= 11 is 0. The summed E-state index contributed by atoms with van der Waals surface area (Å²) in [7, 11) is 1.50. The molecule has 0 saturated carbocycles. The van der Waals surface area contributed by atoms with Crippen LogP contribution in [0.3, 0.4) is 0 Å². The standard InChI is InChI=1S/C22H26FN5O2/c1-12(2)19(24)20-21(22(25)27-11-26-20)28-14-5-7-15(8-6-14)30-18-10-16(29-4)9-17(23)13(18)3/h5-13,17,24,28H,1-4H3,(H2,25,26,27)/t13?,17-/m0/s1. The van der Waals surface area contributed by atoms with Crippen LogP contribution in [-0.4, -0.2) is 29.0 Å². The summed E-state index contributed by atoms with van der Waals surface area (Å²) in [5, 5.41) is 11.5. The zero-order valence-corrected chi connectivity index (χ0v) is 17.4. The summed E-state index contributed by atoms with van der Waals surface area (Å²) in [5.41, 5.74) is 8.07. The maximum absolute atomic E-state index is 14.1. The minimum atomic E-state index is -1.17. The van der Waals surface area contributed by atoms with Gasteiger partial charge in [0, 0.05) is 17.7 Å². The maximum atomic E-state index is 14.1. The van der Waals surface area contributed by atoms with Crippen LogP contribution < -0.4 is 15.8 Å². The van der Waals surface area contributed by atoms with Gasteiger partial charge in [0.1, 0.15) is 41.1 Å². The summed E-state index contributed by atoms with van der Waals surface area (Å²) in [5.74, 6) is 1.35. The molecule has 7 nitrogen and oxygen atoms in total. The molecule has 0 spiro atoms. The third-order valence-electron chi connectivity index (χ3n) is 4.84. The van der Waals surface area contributed by atoms with Crippen LogP contribution in [0, 0.1) is 17.2 Å². The average molecular weight is 411 g/mol. The predicted molar refractivity (Wildman–Crippen MR) is 116 cm³/mol. The number of ether oxygens (including phenoxy) is 2. The van der Waals surface area contributed by atoms with E-state index in [1.807, 2.05) is 13.8 Å². The van der Waals surface area contributed by atoms with Crippen LogP contribution in [-0.2, 0) is 4.74 Å². The zero-order valence-electron chi connectivity index (χ0n) is 17.4. The molecule has 4 N–H and O–H groups in total.